The average molecular weight is 399 g/mol. The van der Waals surface area contributed by atoms with Gasteiger partial charge < -0.3 is 9.72 Å². The Morgan fingerprint density at radius 2 is 2.00 bits per heavy atom. The molecule has 28 heavy (non-hydrogen) atoms. The van der Waals surface area contributed by atoms with Crippen LogP contribution in [0.5, 0.6) is 0 Å². The molecule has 0 fully saturated rings. The van der Waals surface area contributed by atoms with Crippen LogP contribution in [0.2, 0.25) is 0 Å². The van der Waals surface area contributed by atoms with Crippen LogP contribution in [-0.2, 0) is 24.1 Å². The minimum atomic E-state index is -0.538. The molecular weight excluding hydrogens is 378 g/mol. The number of aryl methyl sites for hydroxylation is 4. The van der Waals surface area contributed by atoms with Crippen LogP contribution in [0.4, 0.5) is 0 Å². The zero-order chi connectivity index (χ0) is 20.0. The number of hydrogen-bond donors (Lipinski definition) is 1. The standard InChI is InChI=1S/C20H21N3O4S/c1-4-27-20(26)16-11(3)22-10(2)15(16)13(24)8-23-9-21-18-17(19(23)25)12-6-5-7-14(12)28-18/h9,22H,4-8H2,1-3H3. The first-order chi connectivity index (χ1) is 13.4. The van der Waals surface area contributed by atoms with E-state index >= 15 is 0 Å². The van der Waals surface area contributed by atoms with Crippen molar-refractivity contribution in [2.45, 2.75) is 46.6 Å². The van der Waals surface area contributed by atoms with Gasteiger partial charge in [-0.15, -0.1) is 11.3 Å². The van der Waals surface area contributed by atoms with Crippen molar-refractivity contribution in [2.75, 3.05) is 6.61 Å². The third kappa shape index (κ3) is 2.88. The molecule has 0 aromatic carbocycles. The zero-order valence-electron chi connectivity index (χ0n) is 16.0. The van der Waals surface area contributed by atoms with Gasteiger partial charge >= 0.3 is 5.97 Å². The molecule has 146 valence electrons. The summed E-state index contributed by atoms with van der Waals surface area (Å²) in [6.07, 6.45) is 4.34. The fraction of sp³-hybridized carbons (Fsp3) is 0.400. The van der Waals surface area contributed by atoms with Crippen molar-refractivity contribution in [2.24, 2.45) is 0 Å². The van der Waals surface area contributed by atoms with E-state index in [2.05, 4.69) is 9.97 Å². The van der Waals surface area contributed by atoms with Crippen molar-refractivity contribution in [1.29, 1.82) is 0 Å². The summed E-state index contributed by atoms with van der Waals surface area (Å²) in [6.45, 7) is 5.23. The molecule has 0 atom stereocenters. The molecule has 0 radical (unpaired) electrons. The minimum Gasteiger partial charge on any atom is -0.462 e. The maximum absolute atomic E-state index is 13.0. The van der Waals surface area contributed by atoms with Crippen molar-refractivity contribution < 1.29 is 14.3 Å². The van der Waals surface area contributed by atoms with Crippen LogP contribution in [0, 0.1) is 13.8 Å². The van der Waals surface area contributed by atoms with E-state index in [4.69, 9.17) is 4.74 Å². The van der Waals surface area contributed by atoms with Gasteiger partial charge in [-0.3, -0.25) is 14.2 Å². The third-order valence-electron chi connectivity index (χ3n) is 5.14. The lowest BCUT2D eigenvalue weighted by Crippen LogP contribution is -2.26. The van der Waals surface area contributed by atoms with Crippen molar-refractivity contribution in [3.63, 3.8) is 0 Å². The average Bonchev–Trinajstić information content (AvgIpc) is 3.29. The number of nitrogens with zero attached hydrogens (tertiary/aromatic N) is 2. The number of carbonyl (C=O) groups excluding carboxylic acids is 2. The fourth-order valence-electron chi connectivity index (χ4n) is 3.95. The highest BCUT2D eigenvalue weighted by atomic mass is 32.1. The van der Waals surface area contributed by atoms with E-state index < -0.39 is 5.97 Å². The van der Waals surface area contributed by atoms with Gasteiger partial charge in [0.05, 0.1) is 36.0 Å². The van der Waals surface area contributed by atoms with E-state index in [1.54, 1.807) is 32.1 Å². The first-order valence-electron chi connectivity index (χ1n) is 9.31. The summed E-state index contributed by atoms with van der Waals surface area (Å²) < 4.78 is 6.43. The van der Waals surface area contributed by atoms with E-state index in [-0.39, 0.29) is 35.6 Å². The van der Waals surface area contributed by atoms with Crippen LogP contribution in [0.25, 0.3) is 10.2 Å². The summed E-state index contributed by atoms with van der Waals surface area (Å²) in [5, 5.41) is 0.639. The van der Waals surface area contributed by atoms with Crippen LogP contribution in [0.1, 0.15) is 55.9 Å². The SMILES string of the molecule is CCOC(=O)c1c(C)[nH]c(C)c1C(=O)Cn1cnc2sc3c(c2c1=O)CCC3. The van der Waals surface area contributed by atoms with Gasteiger partial charge in [-0.2, -0.15) is 0 Å². The summed E-state index contributed by atoms with van der Waals surface area (Å²) in [5.74, 6) is -0.857. The molecule has 0 spiro atoms. The number of ketones is 1. The lowest BCUT2D eigenvalue weighted by molar-refractivity contribution is 0.0522. The Hall–Kier alpha value is -2.74. The Labute approximate surface area is 165 Å². The van der Waals surface area contributed by atoms with Gasteiger partial charge in [-0.25, -0.2) is 9.78 Å². The Morgan fingerprint density at radius 1 is 1.25 bits per heavy atom. The molecule has 0 unspecified atom stereocenters. The smallest absolute Gasteiger partial charge is 0.340 e. The second-order valence-electron chi connectivity index (χ2n) is 6.98. The number of thiophene rings is 1. The minimum absolute atomic E-state index is 0.170. The number of esters is 1. The van der Waals surface area contributed by atoms with E-state index in [0.717, 1.165) is 29.7 Å². The molecular formula is C20H21N3O4S. The number of fused-ring (bicyclic) bond motifs is 3. The molecule has 7 nitrogen and oxygen atoms in total. The summed E-state index contributed by atoms with van der Waals surface area (Å²) in [4.78, 5) is 47.7. The number of aromatic nitrogens is 3. The van der Waals surface area contributed by atoms with Gasteiger partial charge in [0.1, 0.15) is 4.83 Å². The van der Waals surface area contributed by atoms with E-state index in [1.165, 1.54) is 15.8 Å². The number of rotatable bonds is 5. The molecule has 0 amide bonds. The summed E-state index contributed by atoms with van der Waals surface area (Å²) in [6, 6.07) is 0. The van der Waals surface area contributed by atoms with Crippen LogP contribution in [0.3, 0.4) is 0 Å². The van der Waals surface area contributed by atoms with E-state index in [0.29, 0.717) is 16.8 Å². The maximum Gasteiger partial charge on any atom is 0.340 e. The number of carbonyl (C=O) groups is 2. The molecule has 0 saturated carbocycles. The second-order valence-corrected chi connectivity index (χ2v) is 8.07. The highest BCUT2D eigenvalue weighted by molar-refractivity contribution is 7.18. The number of ether oxygens (including phenoxy) is 1. The zero-order valence-corrected chi connectivity index (χ0v) is 16.9. The first-order valence-corrected chi connectivity index (χ1v) is 10.1. The monoisotopic (exact) mass is 399 g/mol. The number of H-pyrrole nitrogens is 1. The lowest BCUT2D eigenvalue weighted by atomic mass is 10.0. The fourth-order valence-corrected chi connectivity index (χ4v) is 5.17. The molecule has 4 rings (SSSR count). The number of nitrogens with one attached hydrogen (secondary N) is 1. The van der Waals surface area contributed by atoms with Crippen LogP contribution >= 0.6 is 11.3 Å². The second kappa shape index (κ2) is 7.01. The third-order valence-corrected chi connectivity index (χ3v) is 6.34. The Morgan fingerprint density at radius 3 is 2.75 bits per heavy atom. The molecule has 8 heteroatoms. The molecule has 1 aliphatic rings. The maximum atomic E-state index is 13.0. The van der Waals surface area contributed by atoms with Gasteiger partial charge in [0.25, 0.3) is 5.56 Å². The predicted molar refractivity (Wildman–Crippen MR) is 106 cm³/mol. The summed E-state index contributed by atoms with van der Waals surface area (Å²) in [5.41, 5.74) is 2.57. The quantitative estimate of drug-likeness (QED) is 0.526. The predicted octanol–water partition coefficient (Wildman–Crippen LogP) is 2.95. The van der Waals surface area contributed by atoms with Crippen molar-refractivity contribution in [1.82, 2.24) is 14.5 Å². The Balaban J connectivity index is 1.73. The van der Waals surface area contributed by atoms with Crippen molar-refractivity contribution in [3.05, 3.63) is 49.6 Å². The molecule has 1 aliphatic carbocycles. The molecule has 3 aromatic rings. The highest BCUT2D eigenvalue weighted by Gasteiger charge is 2.26. The normalized spacial score (nSPS) is 13.1. The molecule has 1 N–H and O–H groups in total. The number of hydrogen-bond acceptors (Lipinski definition) is 6. The molecule has 0 bridgehead atoms. The first kappa shape index (κ1) is 18.6. The van der Waals surface area contributed by atoms with E-state index in [9.17, 15) is 14.4 Å². The highest BCUT2D eigenvalue weighted by Crippen LogP contribution is 2.34. The molecule has 3 heterocycles. The van der Waals surface area contributed by atoms with Crippen LogP contribution < -0.4 is 5.56 Å². The molecule has 0 saturated heterocycles. The Kier molecular flexibility index (Phi) is 4.66. The van der Waals surface area contributed by atoms with Gasteiger partial charge in [-0.1, -0.05) is 0 Å². The number of Topliss-reactive ketones (excluding diaryl/α,β-unsaturated/α-hetero) is 1. The number of aromatic amines is 1. The van der Waals surface area contributed by atoms with Crippen LogP contribution in [0.15, 0.2) is 11.1 Å². The molecule has 3 aromatic heterocycles. The Bertz CT molecular complexity index is 1170. The van der Waals surface area contributed by atoms with Gasteiger partial charge in [0.15, 0.2) is 5.78 Å². The summed E-state index contributed by atoms with van der Waals surface area (Å²) in [7, 11) is 0. The molecule has 0 aliphatic heterocycles. The summed E-state index contributed by atoms with van der Waals surface area (Å²) >= 11 is 1.57. The van der Waals surface area contributed by atoms with Gasteiger partial charge in [0.2, 0.25) is 0 Å². The van der Waals surface area contributed by atoms with Gasteiger partial charge in [0, 0.05) is 16.3 Å². The van der Waals surface area contributed by atoms with E-state index in [1.807, 2.05) is 0 Å². The van der Waals surface area contributed by atoms with Crippen molar-refractivity contribution >= 4 is 33.3 Å². The van der Waals surface area contributed by atoms with Gasteiger partial charge in [-0.05, 0) is 45.6 Å². The van der Waals surface area contributed by atoms with Crippen LogP contribution in [-0.4, -0.2) is 32.9 Å². The van der Waals surface area contributed by atoms with Crippen molar-refractivity contribution in [3.8, 4) is 0 Å². The largest absolute Gasteiger partial charge is 0.462 e. The lowest BCUT2D eigenvalue weighted by Gasteiger charge is -2.08. The topological polar surface area (TPSA) is 94.1 Å².